The summed E-state index contributed by atoms with van der Waals surface area (Å²) in [7, 11) is 0. The maximum Gasteiger partial charge on any atom is 0.0948 e. The zero-order valence-corrected chi connectivity index (χ0v) is 12.1. The molecule has 1 aromatic carbocycles. The van der Waals surface area contributed by atoms with Crippen molar-refractivity contribution in [2.75, 3.05) is 0 Å². The summed E-state index contributed by atoms with van der Waals surface area (Å²) in [6.07, 6.45) is 5.87. The minimum atomic E-state index is 0.526. The number of fused-ring (bicyclic) bond motifs is 1. The molecule has 0 unspecified atom stereocenters. The molecule has 0 bridgehead atoms. The van der Waals surface area contributed by atoms with Crippen LogP contribution in [0.15, 0.2) is 36.9 Å². The van der Waals surface area contributed by atoms with Gasteiger partial charge in [-0.05, 0) is 24.6 Å². The maximum atomic E-state index is 6.12. The van der Waals surface area contributed by atoms with Gasteiger partial charge in [0.1, 0.15) is 0 Å². The van der Waals surface area contributed by atoms with Gasteiger partial charge in [-0.3, -0.25) is 0 Å². The average molecular weight is 289 g/mol. The van der Waals surface area contributed by atoms with E-state index in [0.717, 1.165) is 29.2 Å². The lowest BCUT2D eigenvalue weighted by Crippen LogP contribution is -2.05. The highest BCUT2D eigenvalue weighted by Crippen LogP contribution is 2.25. The molecule has 4 nitrogen and oxygen atoms in total. The Labute approximate surface area is 122 Å². The highest BCUT2D eigenvalue weighted by molar-refractivity contribution is 6.31. The molecule has 0 amide bonds. The van der Waals surface area contributed by atoms with E-state index < -0.39 is 0 Å². The number of halogens is 1. The summed E-state index contributed by atoms with van der Waals surface area (Å²) in [6, 6.07) is 5.93. The molecule has 0 fully saturated rings. The molecule has 0 saturated carbocycles. The quantitative estimate of drug-likeness (QED) is 0.802. The van der Waals surface area contributed by atoms with Crippen molar-refractivity contribution in [1.82, 2.24) is 14.1 Å². The summed E-state index contributed by atoms with van der Waals surface area (Å²) in [5, 5.41) is 1.91. The average Bonchev–Trinajstić information content (AvgIpc) is 3.03. The highest BCUT2D eigenvalue weighted by Gasteiger charge is 2.10. The van der Waals surface area contributed by atoms with Gasteiger partial charge in [0, 0.05) is 35.9 Å². The second-order valence-electron chi connectivity index (χ2n) is 4.82. The van der Waals surface area contributed by atoms with Gasteiger partial charge in [-0.25, -0.2) is 4.98 Å². The van der Waals surface area contributed by atoms with E-state index in [4.69, 9.17) is 17.3 Å². The summed E-state index contributed by atoms with van der Waals surface area (Å²) in [5.41, 5.74) is 9.26. The Balaban J connectivity index is 2.09. The fourth-order valence-corrected chi connectivity index (χ4v) is 2.74. The van der Waals surface area contributed by atoms with Gasteiger partial charge in [-0.15, -0.1) is 0 Å². The van der Waals surface area contributed by atoms with E-state index in [-0.39, 0.29) is 0 Å². The molecule has 3 rings (SSSR count). The summed E-state index contributed by atoms with van der Waals surface area (Å²) < 4.78 is 4.32. The molecule has 0 spiro atoms. The number of aromatic nitrogens is 3. The Morgan fingerprint density at radius 3 is 2.90 bits per heavy atom. The Kier molecular flexibility index (Phi) is 3.51. The normalized spacial score (nSPS) is 11.3. The molecule has 0 aliphatic heterocycles. The fraction of sp³-hybridized carbons (Fsp3) is 0.267. The van der Waals surface area contributed by atoms with E-state index in [1.165, 1.54) is 11.1 Å². The lowest BCUT2D eigenvalue weighted by Gasteiger charge is -2.08. The van der Waals surface area contributed by atoms with Crippen molar-refractivity contribution >= 4 is 22.5 Å². The van der Waals surface area contributed by atoms with E-state index in [0.29, 0.717) is 6.54 Å². The van der Waals surface area contributed by atoms with Gasteiger partial charge in [0.2, 0.25) is 0 Å². The summed E-state index contributed by atoms with van der Waals surface area (Å²) in [6.45, 7) is 4.32. The first-order valence-electron chi connectivity index (χ1n) is 6.69. The summed E-state index contributed by atoms with van der Waals surface area (Å²) >= 11 is 6.12. The number of imidazole rings is 1. The molecule has 2 N–H and O–H groups in total. The maximum absolute atomic E-state index is 6.12. The van der Waals surface area contributed by atoms with Crippen LogP contribution < -0.4 is 5.73 Å². The van der Waals surface area contributed by atoms with Crippen LogP contribution in [0, 0.1) is 0 Å². The van der Waals surface area contributed by atoms with Gasteiger partial charge in [0.05, 0.1) is 24.1 Å². The van der Waals surface area contributed by atoms with E-state index in [1.807, 2.05) is 30.7 Å². The fourth-order valence-electron chi connectivity index (χ4n) is 2.57. The first-order chi connectivity index (χ1) is 9.72. The van der Waals surface area contributed by atoms with Gasteiger partial charge in [-0.2, -0.15) is 0 Å². The van der Waals surface area contributed by atoms with Crippen molar-refractivity contribution in [3.8, 4) is 0 Å². The smallest absolute Gasteiger partial charge is 0.0948 e. The molecule has 104 valence electrons. The van der Waals surface area contributed by atoms with Crippen LogP contribution in [-0.2, 0) is 19.6 Å². The molecular weight excluding hydrogens is 272 g/mol. The third-order valence-electron chi connectivity index (χ3n) is 3.62. The monoisotopic (exact) mass is 288 g/mol. The molecule has 3 aromatic rings. The SMILES string of the molecule is CCn1cncc1Cn1cc(CN)c2ccc(Cl)cc21. The molecule has 0 saturated heterocycles. The molecule has 2 aromatic heterocycles. The highest BCUT2D eigenvalue weighted by atomic mass is 35.5. The number of nitrogens with zero attached hydrogens (tertiary/aromatic N) is 3. The number of rotatable bonds is 4. The molecule has 5 heteroatoms. The first-order valence-corrected chi connectivity index (χ1v) is 7.07. The number of aryl methyl sites for hydroxylation is 1. The van der Waals surface area contributed by atoms with Crippen molar-refractivity contribution in [1.29, 1.82) is 0 Å². The van der Waals surface area contributed by atoms with Crippen LogP contribution in [0.1, 0.15) is 18.2 Å². The van der Waals surface area contributed by atoms with Crippen molar-refractivity contribution in [3.63, 3.8) is 0 Å². The minimum absolute atomic E-state index is 0.526. The van der Waals surface area contributed by atoms with Crippen molar-refractivity contribution in [2.24, 2.45) is 5.73 Å². The molecular formula is C15H17ClN4. The molecule has 0 aliphatic rings. The van der Waals surface area contributed by atoms with E-state index in [2.05, 4.69) is 27.2 Å². The number of hydrogen-bond acceptors (Lipinski definition) is 2. The molecule has 20 heavy (non-hydrogen) atoms. The Morgan fingerprint density at radius 2 is 2.15 bits per heavy atom. The second kappa shape index (κ2) is 5.31. The van der Waals surface area contributed by atoms with Crippen LogP contribution in [0.3, 0.4) is 0 Å². The van der Waals surface area contributed by atoms with Gasteiger partial charge >= 0.3 is 0 Å². The van der Waals surface area contributed by atoms with E-state index in [1.54, 1.807) is 0 Å². The van der Waals surface area contributed by atoms with Gasteiger partial charge in [-0.1, -0.05) is 17.7 Å². The van der Waals surface area contributed by atoms with E-state index in [9.17, 15) is 0 Å². The standard InChI is InChI=1S/C15H17ClN4/c1-2-19-10-18-7-13(19)9-20-8-11(6-17)14-4-3-12(16)5-15(14)20/h3-5,7-8,10H,2,6,9,17H2,1H3. The van der Waals surface area contributed by atoms with E-state index >= 15 is 0 Å². The van der Waals surface area contributed by atoms with Crippen molar-refractivity contribution < 1.29 is 0 Å². The van der Waals surface area contributed by atoms with Crippen LogP contribution in [0.2, 0.25) is 5.02 Å². The van der Waals surface area contributed by atoms with Crippen LogP contribution in [0.4, 0.5) is 0 Å². The predicted molar refractivity (Wildman–Crippen MR) is 81.8 cm³/mol. The summed E-state index contributed by atoms with van der Waals surface area (Å²) in [5.74, 6) is 0. The molecule has 0 radical (unpaired) electrons. The molecule has 0 atom stereocenters. The molecule has 0 aliphatic carbocycles. The second-order valence-corrected chi connectivity index (χ2v) is 5.26. The first kappa shape index (κ1) is 13.2. The molecule has 2 heterocycles. The lowest BCUT2D eigenvalue weighted by molar-refractivity contribution is 0.678. The van der Waals surface area contributed by atoms with Gasteiger partial charge in [0.15, 0.2) is 0 Å². The predicted octanol–water partition coefficient (Wildman–Crippen LogP) is 3.02. The zero-order chi connectivity index (χ0) is 14.1. The van der Waals surface area contributed by atoms with Crippen LogP contribution in [0.25, 0.3) is 10.9 Å². The summed E-state index contributed by atoms with van der Waals surface area (Å²) in [4.78, 5) is 4.21. The van der Waals surface area contributed by atoms with Crippen LogP contribution in [-0.4, -0.2) is 14.1 Å². The van der Waals surface area contributed by atoms with Crippen LogP contribution >= 0.6 is 11.6 Å². The lowest BCUT2D eigenvalue weighted by atomic mass is 10.2. The Hall–Kier alpha value is -1.78. The number of benzene rings is 1. The van der Waals surface area contributed by atoms with Crippen LogP contribution in [0.5, 0.6) is 0 Å². The largest absolute Gasteiger partial charge is 0.341 e. The van der Waals surface area contributed by atoms with Gasteiger partial charge < -0.3 is 14.9 Å². The topological polar surface area (TPSA) is 48.8 Å². The third-order valence-corrected chi connectivity index (χ3v) is 3.85. The Bertz CT molecular complexity index is 741. The third kappa shape index (κ3) is 2.21. The number of nitrogens with two attached hydrogens (primary N) is 1. The minimum Gasteiger partial charge on any atom is -0.341 e. The van der Waals surface area contributed by atoms with Crippen molar-refractivity contribution in [3.05, 3.63) is 53.2 Å². The zero-order valence-electron chi connectivity index (χ0n) is 11.4. The van der Waals surface area contributed by atoms with Gasteiger partial charge in [0.25, 0.3) is 0 Å². The van der Waals surface area contributed by atoms with Crippen molar-refractivity contribution in [2.45, 2.75) is 26.6 Å². The number of hydrogen-bond donors (Lipinski definition) is 1. The Morgan fingerprint density at radius 1 is 1.30 bits per heavy atom.